The standard InChI is InChI=1S/C17H19NO3/c1-2-17-9-8-15(13(10-17)11-19)18(12-17)16(20)21-14-6-4-3-5-7-14/h3-9,11,13,15H,2,10,12H2,1H3/t13?,15-,17-/m1/s1. The summed E-state index contributed by atoms with van der Waals surface area (Å²) in [4.78, 5) is 25.4. The van der Waals surface area contributed by atoms with Crippen LogP contribution in [-0.4, -0.2) is 29.9 Å². The predicted molar refractivity (Wildman–Crippen MR) is 79.0 cm³/mol. The molecule has 1 unspecified atom stereocenters. The number of piperidine rings is 1. The lowest BCUT2D eigenvalue weighted by Gasteiger charge is -2.50. The fourth-order valence-corrected chi connectivity index (χ4v) is 3.34. The number of aldehydes is 1. The fraction of sp³-hybridized carbons (Fsp3) is 0.412. The summed E-state index contributed by atoms with van der Waals surface area (Å²) in [6.07, 6.45) is 6.49. The van der Waals surface area contributed by atoms with E-state index >= 15 is 0 Å². The second-order valence-electron chi connectivity index (χ2n) is 5.88. The van der Waals surface area contributed by atoms with Gasteiger partial charge in [-0.1, -0.05) is 37.3 Å². The van der Waals surface area contributed by atoms with Gasteiger partial charge in [0.05, 0.1) is 6.04 Å². The molecule has 3 atom stereocenters. The van der Waals surface area contributed by atoms with Gasteiger partial charge in [0.15, 0.2) is 0 Å². The summed E-state index contributed by atoms with van der Waals surface area (Å²) in [5.74, 6) is 0.396. The number of hydrogen-bond donors (Lipinski definition) is 0. The van der Waals surface area contributed by atoms with E-state index in [4.69, 9.17) is 4.74 Å². The van der Waals surface area contributed by atoms with Gasteiger partial charge in [0.1, 0.15) is 12.0 Å². The smallest absolute Gasteiger partial charge is 0.410 e. The molecule has 1 saturated heterocycles. The Balaban J connectivity index is 1.81. The molecule has 1 aromatic carbocycles. The molecule has 0 N–H and O–H groups in total. The maximum absolute atomic E-state index is 12.4. The minimum absolute atomic E-state index is 0.0873. The molecule has 1 amide bonds. The summed E-state index contributed by atoms with van der Waals surface area (Å²) in [6, 6.07) is 8.86. The Morgan fingerprint density at radius 2 is 2.19 bits per heavy atom. The molecule has 4 rings (SSSR count). The van der Waals surface area contributed by atoms with Gasteiger partial charge < -0.3 is 9.53 Å². The van der Waals surface area contributed by atoms with E-state index in [1.807, 2.05) is 24.3 Å². The van der Waals surface area contributed by atoms with E-state index in [1.54, 1.807) is 17.0 Å². The van der Waals surface area contributed by atoms with Crippen molar-refractivity contribution in [3.63, 3.8) is 0 Å². The first-order chi connectivity index (χ1) is 10.2. The van der Waals surface area contributed by atoms with E-state index in [0.29, 0.717) is 12.3 Å². The van der Waals surface area contributed by atoms with Crippen LogP contribution in [0.15, 0.2) is 42.5 Å². The molecule has 0 spiro atoms. The van der Waals surface area contributed by atoms with Crippen molar-refractivity contribution in [1.82, 2.24) is 4.90 Å². The molecule has 4 nitrogen and oxygen atoms in total. The second-order valence-corrected chi connectivity index (χ2v) is 5.88. The lowest BCUT2D eigenvalue weighted by Crippen LogP contribution is -2.58. The molecule has 1 fully saturated rings. The lowest BCUT2D eigenvalue weighted by atomic mass is 9.66. The number of nitrogens with zero attached hydrogens (tertiary/aromatic N) is 1. The van der Waals surface area contributed by atoms with Crippen molar-refractivity contribution in [1.29, 1.82) is 0 Å². The molecule has 2 bridgehead atoms. The fourth-order valence-electron chi connectivity index (χ4n) is 3.34. The normalized spacial score (nSPS) is 30.2. The topological polar surface area (TPSA) is 46.6 Å². The zero-order chi connectivity index (χ0) is 14.9. The third kappa shape index (κ3) is 2.46. The average molecular weight is 285 g/mol. The first-order valence-corrected chi connectivity index (χ1v) is 7.35. The quantitative estimate of drug-likeness (QED) is 0.633. The van der Waals surface area contributed by atoms with E-state index in [9.17, 15) is 9.59 Å². The Morgan fingerprint density at radius 3 is 2.86 bits per heavy atom. The third-order valence-corrected chi connectivity index (χ3v) is 4.63. The largest absolute Gasteiger partial charge is 0.415 e. The van der Waals surface area contributed by atoms with Crippen molar-refractivity contribution >= 4 is 12.4 Å². The van der Waals surface area contributed by atoms with Gasteiger partial charge >= 0.3 is 6.09 Å². The van der Waals surface area contributed by atoms with Gasteiger partial charge in [0.2, 0.25) is 0 Å². The van der Waals surface area contributed by atoms with E-state index in [1.165, 1.54) is 0 Å². The Morgan fingerprint density at radius 1 is 1.43 bits per heavy atom. The highest BCUT2D eigenvalue weighted by Gasteiger charge is 2.47. The SMILES string of the molecule is CC[C@@]12C=C[C@H](C(C=O)C1)N(C(=O)Oc1ccccc1)C2. The highest BCUT2D eigenvalue weighted by Crippen LogP contribution is 2.44. The van der Waals surface area contributed by atoms with E-state index in [0.717, 1.165) is 19.1 Å². The Labute approximate surface area is 124 Å². The number of carbonyl (C=O) groups is 2. The molecular weight excluding hydrogens is 266 g/mol. The maximum Gasteiger partial charge on any atom is 0.415 e. The minimum atomic E-state index is -0.375. The van der Waals surface area contributed by atoms with E-state index in [2.05, 4.69) is 13.0 Å². The maximum atomic E-state index is 12.4. The van der Waals surface area contributed by atoms with Crippen LogP contribution in [-0.2, 0) is 4.79 Å². The summed E-state index contributed by atoms with van der Waals surface area (Å²) in [5, 5.41) is 0. The van der Waals surface area contributed by atoms with E-state index in [-0.39, 0.29) is 23.5 Å². The lowest BCUT2D eigenvalue weighted by molar-refractivity contribution is -0.115. The number of ether oxygens (including phenoxy) is 1. The molecule has 21 heavy (non-hydrogen) atoms. The van der Waals surface area contributed by atoms with Crippen molar-refractivity contribution in [3.8, 4) is 5.75 Å². The Bertz CT molecular complexity index is 569. The Kier molecular flexibility index (Phi) is 3.53. The summed E-state index contributed by atoms with van der Waals surface area (Å²) >= 11 is 0. The van der Waals surface area contributed by atoms with Crippen LogP contribution in [0.2, 0.25) is 0 Å². The van der Waals surface area contributed by atoms with Crippen molar-refractivity contribution in [2.45, 2.75) is 25.8 Å². The van der Waals surface area contributed by atoms with Crippen molar-refractivity contribution in [3.05, 3.63) is 42.5 Å². The van der Waals surface area contributed by atoms with Crippen LogP contribution >= 0.6 is 0 Å². The minimum Gasteiger partial charge on any atom is -0.410 e. The zero-order valence-corrected chi connectivity index (χ0v) is 12.1. The van der Waals surface area contributed by atoms with Crippen LogP contribution in [0.3, 0.4) is 0 Å². The summed E-state index contributed by atoms with van der Waals surface area (Å²) in [7, 11) is 0. The number of amides is 1. The van der Waals surface area contributed by atoms with Crippen LogP contribution in [0.4, 0.5) is 4.79 Å². The molecular formula is C17H19NO3. The highest BCUT2D eigenvalue weighted by atomic mass is 16.6. The molecule has 2 heterocycles. The summed E-state index contributed by atoms with van der Waals surface area (Å²) < 4.78 is 5.43. The first kappa shape index (κ1) is 13.9. The third-order valence-electron chi connectivity index (χ3n) is 4.63. The monoisotopic (exact) mass is 285 g/mol. The highest BCUT2D eigenvalue weighted by molar-refractivity contribution is 5.73. The summed E-state index contributed by atoms with van der Waals surface area (Å²) in [6.45, 7) is 2.72. The molecule has 1 aliphatic carbocycles. The number of fused-ring (bicyclic) bond motifs is 2. The van der Waals surface area contributed by atoms with Crippen LogP contribution in [0.5, 0.6) is 5.75 Å². The zero-order valence-electron chi connectivity index (χ0n) is 12.1. The first-order valence-electron chi connectivity index (χ1n) is 7.35. The van der Waals surface area contributed by atoms with E-state index < -0.39 is 0 Å². The van der Waals surface area contributed by atoms with Gasteiger partial charge in [-0.3, -0.25) is 4.90 Å². The molecule has 0 radical (unpaired) electrons. The van der Waals surface area contributed by atoms with Crippen LogP contribution in [0.25, 0.3) is 0 Å². The molecule has 0 aromatic heterocycles. The predicted octanol–water partition coefficient (Wildman–Crippen LogP) is 3.04. The number of hydrogen-bond acceptors (Lipinski definition) is 3. The Hall–Kier alpha value is -2.10. The second kappa shape index (κ2) is 5.35. The molecule has 3 aliphatic rings. The average Bonchev–Trinajstić information content (AvgIpc) is 2.56. The molecule has 0 saturated carbocycles. The van der Waals surface area contributed by atoms with Gasteiger partial charge in [-0.15, -0.1) is 0 Å². The van der Waals surface area contributed by atoms with Gasteiger partial charge in [0.25, 0.3) is 0 Å². The van der Waals surface area contributed by atoms with Crippen LogP contribution in [0, 0.1) is 11.3 Å². The van der Waals surface area contributed by atoms with Gasteiger partial charge in [-0.2, -0.15) is 0 Å². The van der Waals surface area contributed by atoms with Crippen molar-refractivity contribution < 1.29 is 14.3 Å². The van der Waals surface area contributed by atoms with Gasteiger partial charge in [0, 0.05) is 17.9 Å². The summed E-state index contributed by atoms with van der Waals surface area (Å²) in [5.41, 5.74) is -0.0873. The molecule has 2 aliphatic heterocycles. The van der Waals surface area contributed by atoms with Crippen molar-refractivity contribution in [2.75, 3.05) is 6.54 Å². The molecule has 4 heteroatoms. The van der Waals surface area contributed by atoms with Gasteiger partial charge in [-0.25, -0.2) is 4.79 Å². The molecule has 1 aromatic rings. The number of carbonyl (C=O) groups excluding carboxylic acids is 2. The number of benzene rings is 1. The molecule has 110 valence electrons. The number of para-hydroxylation sites is 1. The van der Waals surface area contributed by atoms with Gasteiger partial charge in [-0.05, 0) is 25.0 Å². The number of rotatable bonds is 3. The van der Waals surface area contributed by atoms with Crippen molar-refractivity contribution in [2.24, 2.45) is 11.3 Å². The van der Waals surface area contributed by atoms with Crippen LogP contribution in [0.1, 0.15) is 19.8 Å². The van der Waals surface area contributed by atoms with Crippen LogP contribution < -0.4 is 4.74 Å².